The average molecular weight is 336 g/mol. The van der Waals surface area contributed by atoms with Gasteiger partial charge in [-0.1, -0.05) is 29.4 Å². The summed E-state index contributed by atoms with van der Waals surface area (Å²) in [6, 6.07) is 8.84. The van der Waals surface area contributed by atoms with Crippen LogP contribution in [0.3, 0.4) is 0 Å². The van der Waals surface area contributed by atoms with Crippen molar-refractivity contribution in [2.24, 2.45) is 5.11 Å². The topological polar surface area (TPSA) is 111 Å². The van der Waals surface area contributed by atoms with Crippen LogP contribution in [0.5, 0.6) is 11.8 Å². The molecular formula is C13H12N4O3S2. The van der Waals surface area contributed by atoms with Crippen LogP contribution < -0.4 is 0 Å². The first-order valence-electron chi connectivity index (χ1n) is 6.08. The summed E-state index contributed by atoms with van der Waals surface area (Å²) in [6.07, 6.45) is -0.185. The first kappa shape index (κ1) is 16.2. The van der Waals surface area contributed by atoms with E-state index in [1.165, 1.54) is 12.1 Å². The van der Waals surface area contributed by atoms with E-state index in [-0.39, 0.29) is 18.2 Å². The number of hydrogen-bond donors (Lipinski definition) is 4. The van der Waals surface area contributed by atoms with Gasteiger partial charge in [0.25, 0.3) is 0 Å². The maximum absolute atomic E-state index is 11.5. The first-order chi connectivity index (χ1) is 10.4. The molecule has 7 nitrogen and oxygen atoms in total. The molecule has 1 heterocycles. The van der Waals surface area contributed by atoms with Gasteiger partial charge in [-0.2, -0.15) is 0 Å². The normalized spacial score (nSPS) is 13.2. The van der Waals surface area contributed by atoms with Crippen LogP contribution in [0.25, 0.3) is 10.4 Å². The van der Waals surface area contributed by atoms with Gasteiger partial charge in [0.15, 0.2) is 16.9 Å². The largest absolute Gasteiger partial charge is 0.494 e. The minimum Gasteiger partial charge on any atom is -0.494 e. The van der Waals surface area contributed by atoms with Crippen LogP contribution in [0.4, 0.5) is 5.69 Å². The second kappa shape index (κ2) is 6.27. The molecule has 0 amide bonds. The van der Waals surface area contributed by atoms with Crippen molar-refractivity contribution in [3.05, 3.63) is 52.4 Å². The van der Waals surface area contributed by atoms with Crippen molar-refractivity contribution in [2.75, 3.05) is 0 Å². The van der Waals surface area contributed by atoms with Crippen LogP contribution in [-0.4, -0.2) is 19.9 Å². The Kier molecular flexibility index (Phi) is 4.60. The Morgan fingerprint density at radius 2 is 1.77 bits per heavy atom. The highest BCUT2D eigenvalue weighted by molar-refractivity contribution is 7.96. The van der Waals surface area contributed by atoms with Crippen LogP contribution in [0.1, 0.15) is 12.0 Å². The van der Waals surface area contributed by atoms with Gasteiger partial charge in [0, 0.05) is 22.7 Å². The molecule has 2 N–H and O–H groups in total. The van der Waals surface area contributed by atoms with Crippen molar-refractivity contribution in [1.29, 1.82) is 0 Å². The SMILES string of the molecule is [N-]=[N+]=Nc1ccc(C(S)(CC(=O)S)n2c(O)ccc2O)cc1. The molecule has 0 bridgehead atoms. The van der Waals surface area contributed by atoms with Crippen molar-refractivity contribution in [1.82, 2.24) is 4.57 Å². The number of carbonyl (C=O) groups is 1. The Morgan fingerprint density at radius 3 is 2.23 bits per heavy atom. The summed E-state index contributed by atoms with van der Waals surface area (Å²) >= 11 is 8.26. The van der Waals surface area contributed by atoms with E-state index in [1.54, 1.807) is 24.3 Å². The van der Waals surface area contributed by atoms with E-state index in [9.17, 15) is 15.0 Å². The van der Waals surface area contributed by atoms with Crippen LogP contribution in [0.2, 0.25) is 0 Å². The smallest absolute Gasteiger partial charge is 0.195 e. The fourth-order valence-electron chi connectivity index (χ4n) is 2.16. The van der Waals surface area contributed by atoms with Gasteiger partial charge in [0.2, 0.25) is 0 Å². The molecule has 0 saturated heterocycles. The van der Waals surface area contributed by atoms with E-state index in [4.69, 9.17) is 5.53 Å². The van der Waals surface area contributed by atoms with Crippen molar-refractivity contribution < 1.29 is 15.0 Å². The zero-order chi connectivity index (χ0) is 16.3. The van der Waals surface area contributed by atoms with E-state index in [0.29, 0.717) is 11.3 Å². The standard InChI is InChI=1S/C13H12N4O3S2/c14-16-15-9-3-1-8(2-4-9)13(22,7-12(20)21)17-10(18)5-6-11(17)19/h1-6,18-19,22H,7H2,(H,20,21). The molecule has 1 atom stereocenters. The molecule has 114 valence electrons. The van der Waals surface area contributed by atoms with E-state index in [1.807, 2.05) is 0 Å². The molecule has 0 aliphatic carbocycles. The molecule has 2 aromatic rings. The number of azide groups is 1. The quantitative estimate of drug-likeness (QED) is 0.291. The number of aromatic hydroxyl groups is 2. The zero-order valence-corrected chi connectivity index (χ0v) is 12.9. The molecule has 1 aromatic carbocycles. The van der Waals surface area contributed by atoms with Gasteiger partial charge in [0.05, 0.1) is 6.42 Å². The van der Waals surface area contributed by atoms with Crippen LogP contribution in [0.15, 0.2) is 41.5 Å². The first-order valence-corrected chi connectivity index (χ1v) is 6.98. The lowest BCUT2D eigenvalue weighted by molar-refractivity contribution is -0.111. The second-order valence-electron chi connectivity index (χ2n) is 4.51. The molecule has 0 aliphatic heterocycles. The molecule has 0 saturated carbocycles. The molecule has 0 spiro atoms. The summed E-state index contributed by atoms with van der Waals surface area (Å²) in [5.74, 6) is -0.498. The molecule has 9 heteroatoms. The summed E-state index contributed by atoms with van der Waals surface area (Å²) in [5, 5.41) is 22.8. The maximum atomic E-state index is 11.5. The molecule has 0 fully saturated rings. The zero-order valence-electron chi connectivity index (χ0n) is 11.2. The summed E-state index contributed by atoms with van der Waals surface area (Å²) in [7, 11) is 0. The minimum atomic E-state index is -1.34. The molecular weight excluding hydrogens is 324 g/mol. The Labute approximate surface area is 136 Å². The summed E-state index contributed by atoms with van der Waals surface area (Å²) < 4.78 is 1.12. The second-order valence-corrected chi connectivity index (χ2v) is 5.75. The van der Waals surface area contributed by atoms with Gasteiger partial charge in [-0.15, -0.1) is 25.3 Å². The lowest BCUT2D eigenvalue weighted by atomic mass is 10.0. The molecule has 1 unspecified atom stereocenters. The van der Waals surface area contributed by atoms with Crippen molar-refractivity contribution in [3.63, 3.8) is 0 Å². The van der Waals surface area contributed by atoms with Crippen LogP contribution >= 0.6 is 25.3 Å². The molecule has 22 heavy (non-hydrogen) atoms. The molecule has 2 rings (SSSR count). The highest BCUT2D eigenvalue weighted by Gasteiger charge is 2.35. The fraction of sp³-hybridized carbons (Fsp3) is 0.154. The van der Waals surface area contributed by atoms with Gasteiger partial charge in [-0.25, -0.2) is 0 Å². The number of nitrogens with zero attached hydrogens (tertiary/aromatic N) is 4. The van der Waals surface area contributed by atoms with E-state index in [2.05, 4.69) is 35.3 Å². The Hall–Kier alpha value is -2.22. The third-order valence-corrected chi connectivity index (χ3v) is 3.87. The molecule has 0 radical (unpaired) electrons. The van der Waals surface area contributed by atoms with E-state index < -0.39 is 9.99 Å². The lowest BCUT2D eigenvalue weighted by Crippen LogP contribution is -2.30. The highest BCUT2D eigenvalue weighted by Crippen LogP contribution is 2.42. The summed E-state index contributed by atoms with van der Waals surface area (Å²) in [4.78, 5) is 12.8. The minimum absolute atomic E-state index is 0.185. The number of thiol groups is 2. The Morgan fingerprint density at radius 1 is 1.23 bits per heavy atom. The molecule has 0 aliphatic rings. The van der Waals surface area contributed by atoms with Gasteiger partial charge < -0.3 is 10.2 Å². The van der Waals surface area contributed by atoms with E-state index in [0.717, 1.165) is 4.57 Å². The van der Waals surface area contributed by atoms with Crippen molar-refractivity contribution in [3.8, 4) is 11.8 Å². The average Bonchev–Trinajstić information content (AvgIpc) is 2.79. The van der Waals surface area contributed by atoms with Gasteiger partial charge >= 0.3 is 0 Å². The lowest BCUT2D eigenvalue weighted by Gasteiger charge is -2.31. The van der Waals surface area contributed by atoms with Gasteiger partial charge in [-0.05, 0) is 11.1 Å². The number of rotatable bonds is 5. The predicted octanol–water partition coefficient (Wildman–Crippen LogP) is 3.32. The van der Waals surface area contributed by atoms with Gasteiger partial charge in [0.1, 0.15) is 4.87 Å². The molecule has 1 aromatic heterocycles. The predicted molar refractivity (Wildman–Crippen MR) is 87.7 cm³/mol. The van der Waals surface area contributed by atoms with Crippen LogP contribution in [-0.2, 0) is 9.67 Å². The van der Waals surface area contributed by atoms with Crippen molar-refractivity contribution in [2.45, 2.75) is 11.3 Å². The Balaban J connectivity index is 2.59. The van der Waals surface area contributed by atoms with Gasteiger partial charge in [-0.3, -0.25) is 9.36 Å². The third-order valence-electron chi connectivity index (χ3n) is 3.10. The highest BCUT2D eigenvalue weighted by atomic mass is 32.1. The number of carbonyl (C=O) groups excluding carboxylic acids is 1. The summed E-state index contributed by atoms with van der Waals surface area (Å²) in [5.41, 5.74) is 9.31. The van der Waals surface area contributed by atoms with E-state index >= 15 is 0 Å². The number of benzene rings is 1. The fourth-order valence-corrected chi connectivity index (χ4v) is 3.01. The maximum Gasteiger partial charge on any atom is 0.195 e. The van der Waals surface area contributed by atoms with Crippen LogP contribution in [0, 0.1) is 0 Å². The summed E-state index contributed by atoms with van der Waals surface area (Å²) in [6.45, 7) is 0. The monoisotopic (exact) mass is 336 g/mol. The van der Waals surface area contributed by atoms with Crippen molar-refractivity contribution >= 4 is 36.1 Å². The number of aromatic nitrogens is 1. The number of hydrogen-bond acceptors (Lipinski definition) is 5. The Bertz CT molecular complexity index is 734. The third kappa shape index (κ3) is 3.01.